The zero-order chi connectivity index (χ0) is 17.3. The maximum absolute atomic E-state index is 12.3. The first-order chi connectivity index (χ1) is 10.6. The Kier molecular flexibility index (Phi) is 5.12. The first-order valence-corrected chi connectivity index (χ1v) is 8.89. The summed E-state index contributed by atoms with van der Waals surface area (Å²) in [5.41, 5.74) is 0.271. The third-order valence-electron chi connectivity index (χ3n) is 4.05. The molecule has 1 aliphatic heterocycles. The van der Waals surface area contributed by atoms with Crippen molar-refractivity contribution in [1.29, 1.82) is 5.26 Å². The fourth-order valence-electron chi connectivity index (χ4n) is 2.51. The Morgan fingerprint density at radius 1 is 1.26 bits per heavy atom. The number of hydrogen-bond acceptors (Lipinski definition) is 5. The second-order valence-corrected chi connectivity index (χ2v) is 8.56. The Morgan fingerprint density at radius 3 is 2.35 bits per heavy atom. The molecule has 1 aliphatic rings. The third kappa shape index (κ3) is 4.30. The van der Waals surface area contributed by atoms with Crippen LogP contribution in [0.2, 0.25) is 0 Å². The van der Waals surface area contributed by atoms with Crippen molar-refractivity contribution in [2.24, 2.45) is 5.41 Å². The number of nitrogens with zero attached hydrogens (tertiary/aromatic N) is 4. The van der Waals surface area contributed by atoms with Crippen molar-refractivity contribution < 1.29 is 4.79 Å². The molecule has 0 bridgehead atoms. The van der Waals surface area contributed by atoms with E-state index in [-0.39, 0.29) is 11.3 Å². The molecule has 0 aromatic carbocycles. The van der Waals surface area contributed by atoms with Crippen LogP contribution in [0.3, 0.4) is 0 Å². The smallest absolute Gasteiger partial charge is 0.242 e. The summed E-state index contributed by atoms with van der Waals surface area (Å²) in [6.45, 7) is 13.8. The van der Waals surface area contributed by atoms with E-state index < -0.39 is 5.41 Å². The maximum atomic E-state index is 12.3. The van der Waals surface area contributed by atoms with Gasteiger partial charge in [-0.25, -0.2) is 4.98 Å². The van der Waals surface area contributed by atoms with Gasteiger partial charge in [0.1, 0.15) is 5.41 Å². The normalized spacial score (nSPS) is 17.1. The van der Waals surface area contributed by atoms with Gasteiger partial charge in [-0.05, 0) is 13.8 Å². The van der Waals surface area contributed by atoms with Crippen molar-refractivity contribution in [3.05, 3.63) is 16.1 Å². The number of hydrogen-bond donors (Lipinski definition) is 0. The van der Waals surface area contributed by atoms with Crippen LogP contribution in [0.25, 0.3) is 0 Å². The minimum absolute atomic E-state index is 0.0664. The van der Waals surface area contributed by atoms with Gasteiger partial charge in [0.25, 0.3) is 0 Å². The van der Waals surface area contributed by atoms with Gasteiger partial charge in [-0.1, -0.05) is 20.8 Å². The summed E-state index contributed by atoms with van der Waals surface area (Å²) in [6, 6.07) is 2.09. The highest BCUT2D eigenvalue weighted by Crippen LogP contribution is 2.26. The monoisotopic (exact) mass is 334 g/mol. The SMILES string of the molecule is CC(C)(C#N)C(=O)N1CCN(Cc2csc(C(C)(C)C)n2)CC1. The highest BCUT2D eigenvalue weighted by Gasteiger charge is 2.33. The third-order valence-corrected chi connectivity index (χ3v) is 5.37. The van der Waals surface area contributed by atoms with Gasteiger partial charge in [0.2, 0.25) is 5.91 Å². The van der Waals surface area contributed by atoms with E-state index in [2.05, 4.69) is 37.1 Å². The molecule has 1 amide bonds. The van der Waals surface area contributed by atoms with Crippen LogP contribution in [0, 0.1) is 16.7 Å². The number of rotatable bonds is 3. The summed E-state index contributed by atoms with van der Waals surface area (Å²) in [4.78, 5) is 21.2. The van der Waals surface area contributed by atoms with Crippen molar-refractivity contribution in [1.82, 2.24) is 14.8 Å². The summed E-state index contributed by atoms with van der Waals surface area (Å²) in [6.07, 6.45) is 0. The minimum Gasteiger partial charge on any atom is -0.339 e. The van der Waals surface area contributed by atoms with Crippen LogP contribution in [0.15, 0.2) is 5.38 Å². The number of nitriles is 1. The summed E-state index contributed by atoms with van der Waals surface area (Å²) < 4.78 is 0. The molecule has 6 heteroatoms. The van der Waals surface area contributed by atoms with E-state index in [0.29, 0.717) is 13.1 Å². The quantitative estimate of drug-likeness (QED) is 0.852. The summed E-state index contributed by atoms with van der Waals surface area (Å²) in [7, 11) is 0. The lowest BCUT2D eigenvalue weighted by atomic mass is 9.93. The molecule has 1 fully saturated rings. The number of amides is 1. The first-order valence-electron chi connectivity index (χ1n) is 8.01. The molecule has 23 heavy (non-hydrogen) atoms. The predicted molar refractivity (Wildman–Crippen MR) is 92.1 cm³/mol. The molecule has 0 radical (unpaired) electrons. The fraction of sp³-hybridized carbons (Fsp3) is 0.706. The molecular formula is C17H26N4OS. The van der Waals surface area contributed by atoms with Crippen LogP contribution in [-0.4, -0.2) is 46.9 Å². The van der Waals surface area contributed by atoms with E-state index in [1.54, 1.807) is 30.1 Å². The molecule has 1 aromatic rings. The summed E-state index contributed by atoms with van der Waals surface area (Å²) >= 11 is 1.72. The van der Waals surface area contributed by atoms with E-state index in [1.165, 1.54) is 0 Å². The van der Waals surface area contributed by atoms with Crippen LogP contribution in [0.1, 0.15) is 45.3 Å². The molecule has 2 rings (SSSR count). The largest absolute Gasteiger partial charge is 0.339 e. The van der Waals surface area contributed by atoms with Gasteiger partial charge in [-0.15, -0.1) is 11.3 Å². The Bertz CT molecular complexity index is 601. The summed E-state index contributed by atoms with van der Waals surface area (Å²) in [5.74, 6) is -0.0664. The zero-order valence-corrected chi connectivity index (χ0v) is 15.5. The topological polar surface area (TPSA) is 60.2 Å². The second kappa shape index (κ2) is 6.58. The van der Waals surface area contributed by atoms with E-state index in [0.717, 1.165) is 30.3 Å². The molecule has 126 valence electrons. The van der Waals surface area contributed by atoms with Gasteiger partial charge in [0.05, 0.1) is 16.8 Å². The highest BCUT2D eigenvalue weighted by molar-refractivity contribution is 7.09. The molecule has 0 N–H and O–H groups in total. The number of carbonyl (C=O) groups excluding carboxylic acids is 1. The molecule has 0 unspecified atom stereocenters. The van der Waals surface area contributed by atoms with Gasteiger partial charge < -0.3 is 4.90 Å². The standard InChI is InChI=1S/C17H26N4OS/c1-16(2,3)14-19-13(11-23-14)10-20-6-8-21(9-7-20)15(22)17(4,5)12-18/h11H,6-10H2,1-5H3. The lowest BCUT2D eigenvalue weighted by Gasteiger charge is -2.36. The Labute approximate surface area is 142 Å². The number of carbonyl (C=O) groups is 1. The average Bonchev–Trinajstić information content (AvgIpc) is 2.96. The predicted octanol–water partition coefficient (Wildman–Crippen LogP) is 2.63. The average molecular weight is 334 g/mol. The van der Waals surface area contributed by atoms with Crippen molar-refractivity contribution in [2.45, 2.75) is 46.6 Å². The number of piperazine rings is 1. The van der Waals surface area contributed by atoms with Crippen LogP contribution < -0.4 is 0 Å². The van der Waals surface area contributed by atoms with Crippen molar-refractivity contribution >= 4 is 17.2 Å². The van der Waals surface area contributed by atoms with Gasteiger partial charge >= 0.3 is 0 Å². The fourth-order valence-corrected chi connectivity index (χ4v) is 3.40. The van der Waals surface area contributed by atoms with E-state index in [9.17, 15) is 4.79 Å². The number of aromatic nitrogens is 1. The molecule has 0 aliphatic carbocycles. The lowest BCUT2D eigenvalue weighted by Crippen LogP contribution is -2.51. The summed E-state index contributed by atoms with van der Waals surface area (Å²) in [5, 5.41) is 12.4. The molecule has 0 spiro atoms. The first kappa shape index (κ1) is 17.9. The molecule has 1 saturated heterocycles. The van der Waals surface area contributed by atoms with Crippen LogP contribution in [-0.2, 0) is 16.8 Å². The van der Waals surface area contributed by atoms with Crippen molar-refractivity contribution in [3.8, 4) is 6.07 Å². The Hall–Kier alpha value is -1.45. The van der Waals surface area contributed by atoms with E-state index >= 15 is 0 Å². The van der Waals surface area contributed by atoms with Crippen molar-refractivity contribution in [3.63, 3.8) is 0 Å². The Balaban J connectivity index is 1.89. The highest BCUT2D eigenvalue weighted by atomic mass is 32.1. The van der Waals surface area contributed by atoms with E-state index in [4.69, 9.17) is 10.2 Å². The zero-order valence-electron chi connectivity index (χ0n) is 14.7. The van der Waals surface area contributed by atoms with E-state index in [1.807, 2.05) is 0 Å². The van der Waals surface area contributed by atoms with Crippen LogP contribution in [0.4, 0.5) is 0 Å². The second-order valence-electron chi connectivity index (χ2n) is 7.70. The maximum Gasteiger partial charge on any atom is 0.242 e. The number of thiazole rings is 1. The van der Waals surface area contributed by atoms with Gasteiger partial charge in [0.15, 0.2) is 0 Å². The molecule has 5 nitrogen and oxygen atoms in total. The van der Waals surface area contributed by atoms with Crippen LogP contribution >= 0.6 is 11.3 Å². The lowest BCUT2D eigenvalue weighted by molar-refractivity contribution is -0.139. The Morgan fingerprint density at radius 2 is 1.87 bits per heavy atom. The molecular weight excluding hydrogens is 308 g/mol. The van der Waals surface area contributed by atoms with Crippen molar-refractivity contribution in [2.75, 3.05) is 26.2 Å². The van der Waals surface area contributed by atoms with Crippen LogP contribution in [0.5, 0.6) is 0 Å². The minimum atomic E-state index is -0.932. The molecule has 2 heterocycles. The molecule has 0 atom stereocenters. The van der Waals surface area contributed by atoms with Gasteiger partial charge in [0, 0.05) is 43.5 Å². The van der Waals surface area contributed by atoms with Gasteiger partial charge in [-0.2, -0.15) is 5.26 Å². The molecule has 0 saturated carbocycles. The van der Waals surface area contributed by atoms with Gasteiger partial charge in [-0.3, -0.25) is 9.69 Å². The molecule has 1 aromatic heterocycles.